The lowest BCUT2D eigenvalue weighted by Crippen LogP contribution is -2.27. The SMILES string of the molecule is O=c1c2c(Cl)c(F)ccc2nc2n1-c1ccc(F)c(Cl)c1C1OC21. The largest absolute Gasteiger partial charge is 0.356 e. The highest BCUT2D eigenvalue weighted by molar-refractivity contribution is 6.35. The zero-order valence-electron chi connectivity index (χ0n) is 11.7. The summed E-state index contributed by atoms with van der Waals surface area (Å²) in [6, 6.07) is 5.14. The van der Waals surface area contributed by atoms with Gasteiger partial charge in [0.25, 0.3) is 5.56 Å². The molecule has 3 heterocycles. The lowest BCUT2D eigenvalue weighted by atomic mass is 10.0. The first-order valence-electron chi connectivity index (χ1n) is 7.03. The van der Waals surface area contributed by atoms with Gasteiger partial charge in [-0.2, -0.15) is 0 Å². The van der Waals surface area contributed by atoms with Crippen molar-refractivity contribution in [3.05, 3.63) is 67.7 Å². The predicted molar refractivity (Wildman–Crippen MR) is 83.8 cm³/mol. The molecule has 4 nitrogen and oxygen atoms in total. The van der Waals surface area contributed by atoms with Crippen molar-refractivity contribution >= 4 is 34.1 Å². The Bertz CT molecular complexity index is 1130. The molecule has 5 rings (SSSR count). The van der Waals surface area contributed by atoms with Crippen molar-refractivity contribution in [1.29, 1.82) is 0 Å². The number of epoxide rings is 1. The molecule has 0 bridgehead atoms. The number of aromatic nitrogens is 2. The van der Waals surface area contributed by atoms with E-state index in [1.165, 1.54) is 16.7 Å². The molecular weight excluding hydrogens is 361 g/mol. The van der Waals surface area contributed by atoms with Crippen LogP contribution in [0.15, 0.2) is 29.1 Å². The lowest BCUT2D eigenvalue weighted by Gasteiger charge is -2.20. The van der Waals surface area contributed by atoms with Gasteiger partial charge >= 0.3 is 0 Å². The summed E-state index contributed by atoms with van der Waals surface area (Å²) in [6.07, 6.45) is -0.929. The molecule has 120 valence electrons. The van der Waals surface area contributed by atoms with Crippen LogP contribution in [0.25, 0.3) is 16.6 Å². The van der Waals surface area contributed by atoms with Crippen molar-refractivity contribution in [3.63, 3.8) is 0 Å². The van der Waals surface area contributed by atoms with E-state index in [-0.39, 0.29) is 20.9 Å². The highest BCUT2D eigenvalue weighted by Gasteiger charge is 2.51. The molecule has 0 aliphatic carbocycles. The summed E-state index contributed by atoms with van der Waals surface area (Å²) < 4.78 is 34.3. The summed E-state index contributed by atoms with van der Waals surface area (Å²) in [5.74, 6) is -0.938. The van der Waals surface area contributed by atoms with Crippen LogP contribution in [0, 0.1) is 11.6 Å². The topological polar surface area (TPSA) is 47.4 Å². The highest BCUT2D eigenvalue weighted by Crippen LogP contribution is 2.57. The van der Waals surface area contributed by atoms with E-state index in [4.69, 9.17) is 27.9 Å². The van der Waals surface area contributed by atoms with Crippen molar-refractivity contribution in [2.45, 2.75) is 12.2 Å². The molecule has 1 aromatic heterocycles. The minimum Gasteiger partial charge on any atom is -0.356 e. The second kappa shape index (κ2) is 4.53. The molecule has 1 fully saturated rings. The van der Waals surface area contributed by atoms with E-state index < -0.39 is 29.4 Å². The van der Waals surface area contributed by atoms with Crippen LogP contribution in [0.4, 0.5) is 8.78 Å². The van der Waals surface area contributed by atoms with E-state index in [1.807, 2.05) is 0 Å². The summed E-state index contributed by atoms with van der Waals surface area (Å²) >= 11 is 12.0. The average Bonchev–Trinajstić information content (AvgIpc) is 3.34. The fraction of sp³-hybridized carbons (Fsp3) is 0.125. The number of hydrogen-bond donors (Lipinski definition) is 0. The molecule has 3 aromatic rings. The normalized spacial score (nSPS) is 20.5. The molecule has 24 heavy (non-hydrogen) atoms. The quantitative estimate of drug-likeness (QED) is 0.562. The number of fused-ring (bicyclic) bond motifs is 7. The second-order valence-corrected chi connectivity index (χ2v) is 6.39. The van der Waals surface area contributed by atoms with Crippen LogP contribution < -0.4 is 5.56 Å². The summed E-state index contributed by atoms with van der Waals surface area (Å²) in [4.78, 5) is 17.4. The fourth-order valence-corrected chi connectivity index (χ4v) is 3.71. The Morgan fingerprint density at radius 1 is 1.04 bits per heavy atom. The highest BCUT2D eigenvalue weighted by atomic mass is 35.5. The molecule has 2 aliphatic rings. The minimum absolute atomic E-state index is 0.0362. The van der Waals surface area contributed by atoms with Gasteiger partial charge in [0, 0.05) is 5.56 Å². The standard InChI is InChI=1S/C16H6Cl2F2N2O2/c17-11-5(19)1-3-7-9(11)16(23)22-8-4-2-6(20)12(18)10(8)13-14(24-13)15(22)21-7/h1-4,13-14H. The molecule has 1 saturated heterocycles. The van der Waals surface area contributed by atoms with Gasteiger partial charge in [-0.1, -0.05) is 23.2 Å². The monoisotopic (exact) mass is 366 g/mol. The van der Waals surface area contributed by atoms with Gasteiger partial charge in [-0.05, 0) is 24.3 Å². The first-order chi connectivity index (χ1) is 11.5. The molecule has 0 N–H and O–H groups in total. The zero-order chi connectivity index (χ0) is 16.7. The van der Waals surface area contributed by atoms with Crippen molar-refractivity contribution < 1.29 is 13.5 Å². The van der Waals surface area contributed by atoms with Crippen LogP contribution in [0.5, 0.6) is 0 Å². The minimum atomic E-state index is -0.711. The Morgan fingerprint density at radius 3 is 2.54 bits per heavy atom. The smallest absolute Gasteiger partial charge is 0.267 e. The van der Waals surface area contributed by atoms with Crippen molar-refractivity contribution in [1.82, 2.24) is 9.55 Å². The van der Waals surface area contributed by atoms with E-state index in [2.05, 4.69) is 4.98 Å². The lowest BCUT2D eigenvalue weighted by molar-refractivity contribution is 0.374. The Hall–Kier alpha value is -2.02. The van der Waals surface area contributed by atoms with Gasteiger partial charge in [-0.25, -0.2) is 13.8 Å². The van der Waals surface area contributed by atoms with E-state index >= 15 is 0 Å². The molecular formula is C16H6Cl2F2N2O2. The number of ether oxygens (including phenoxy) is 1. The predicted octanol–water partition coefficient (Wildman–Crippen LogP) is 4.10. The van der Waals surface area contributed by atoms with Gasteiger partial charge < -0.3 is 4.74 Å². The Balaban J connectivity index is 1.96. The molecule has 0 amide bonds. The molecule has 0 saturated carbocycles. The summed E-state index contributed by atoms with van der Waals surface area (Å²) in [5.41, 5.74) is 0.501. The van der Waals surface area contributed by atoms with E-state index in [0.29, 0.717) is 17.1 Å². The van der Waals surface area contributed by atoms with Crippen molar-refractivity contribution in [2.24, 2.45) is 0 Å². The third-order valence-corrected chi connectivity index (χ3v) is 5.09. The van der Waals surface area contributed by atoms with Crippen LogP contribution in [-0.2, 0) is 4.74 Å². The van der Waals surface area contributed by atoms with Gasteiger partial charge in [0.2, 0.25) is 0 Å². The van der Waals surface area contributed by atoms with Crippen molar-refractivity contribution in [2.75, 3.05) is 0 Å². The maximum absolute atomic E-state index is 13.8. The van der Waals surface area contributed by atoms with Crippen LogP contribution in [0.1, 0.15) is 23.6 Å². The maximum atomic E-state index is 13.8. The van der Waals surface area contributed by atoms with Crippen LogP contribution in [-0.4, -0.2) is 9.55 Å². The second-order valence-electron chi connectivity index (χ2n) is 5.64. The van der Waals surface area contributed by atoms with E-state index in [1.54, 1.807) is 0 Å². The van der Waals surface area contributed by atoms with Gasteiger partial charge in [0.1, 0.15) is 29.7 Å². The molecule has 0 spiro atoms. The first-order valence-corrected chi connectivity index (χ1v) is 7.79. The van der Waals surface area contributed by atoms with E-state index in [0.717, 1.165) is 12.1 Å². The van der Waals surface area contributed by atoms with Gasteiger partial charge in [-0.15, -0.1) is 0 Å². The molecule has 8 heteroatoms. The molecule has 2 aromatic carbocycles. The third kappa shape index (κ3) is 1.65. The van der Waals surface area contributed by atoms with E-state index in [9.17, 15) is 13.6 Å². The van der Waals surface area contributed by atoms with Crippen LogP contribution in [0.3, 0.4) is 0 Å². The summed E-state index contributed by atoms with van der Waals surface area (Å²) in [7, 11) is 0. The maximum Gasteiger partial charge on any atom is 0.267 e. The molecule has 0 radical (unpaired) electrons. The van der Waals surface area contributed by atoms with Crippen molar-refractivity contribution in [3.8, 4) is 5.69 Å². The number of hydrogen-bond acceptors (Lipinski definition) is 3. The Kier molecular flexibility index (Phi) is 2.71. The fourth-order valence-electron chi connectivity index (χ4n) is 3.20. The Labute approximate surface area is 143 Å². The number of benzene rings is 2. The average molecular weight is 367 g/mol. The van der Waals surface area contributed by atoms with Gasteiger partial charge in [0.05, 0.1) is 26.6 Å². The van der Waals surface area contributed by atoms with Crippen LogP contribution in [0.2, 0.25) is 10.0 Å². The molecule has 2 atom stereocenters. The third-order valence-electron chi connectivity index (χ3n) is 4.34. The number of halogens is 4. The number of rotatable bonds is 0. The summed E-state index contributed by atoms with van der Waals surface area (Å²) in [5, 5.41) is -0.428. The summed E-state index contributed by atoms with van der Waals surface area (Å²) in [6.45, 7) is 0. The Morgan fingerprint density at radius 2 is 1.75 bits per heavy atom. The van der Waals surface area contributed by atoms with Gasteiger partial charge in [0.15, 0.2) is 0 Å². The first kappa shape index (κ1) is 14.3. The van der Waals surface area contributed by atoms with Gasteiger partial charge in [-0.3, -0.25) is 9.36 Å². The molecule has 2 unspecified atom stereocenters. The van der Waals surface area contributed by atoms with Crippen LogP contribution >= 0.6 is 23.2 Å². The number of nitrogens with zero attached hydrogens (tertiary/aromatic N) is 2. The zero-order valence-corrected chi connectivity index (χ0v) is 13.2. The molecule has 2 aliphatic heterocycles.